The van der Waals surface area contributed by atoms with E-state index < -0.39 is 0 Å². The highest BCUT2D eigenvalue weighted by Gasteiger charge is 2.25. The van der Waals surface area contributed by atoms with E-state index in [1.165, 1.54) is 0 Å². The number of hydrogen-bond donors (Lipinski definition) is 1. The number of amides is 1. The highest BCUT2D eigenvalue weighted by molar-refractivity contribution is 5.97. The van der Waals surface area contributed by atoms with Crippen LogP contribution in [0.2, 0.25) is 0 Å². The number of fused-ring (bicyclic) bond motifs is 1. The van der Waals surface area contributed by atoms with E-state index in [0.717, 1.165) is 24.1 Å². The molecule has 2 aromatic rings. The summed E-state index contributed by atoms with van der Waals surface area (Å²) in [5.41, 5.74) is 2.25. The Morgan fingerprint density at radius 3 is 2.50 bits per heavy atom. The number of nitrogens with one attached hydrogen (secondary N) is 1. The first-order valence-corrected chi connectivity index (χ1v) is 6.89. The number of benzene rings is 1. The third-order valence-electron chi connectivity index (χ3n) is 3.56. The van der Waals surface area contributed by atoms with Gasteiger partial charge < -0.3 is 10.2 Å². The van der Waals surface area contributed by atoms with Crippen molar-refractivity contribution in [3.63, 3.8) is 0 Å². The molecule has 0 saturated carbocycles. The fourth-order valence-corrected chi connectivity index (χ4v) is 2.77. The number of carbonyl (C=O) groups is 1. The predicted octanol–water partition coefficient (Wildman–Crippen LogP) is 1.45. The maximum Gasteiger partial charge on any atom is 0.254 e. The van der Waals surface area contributed by atoms with Crippen molar-refractivity contribution in [3.05, 3.63) is 36.2 Å². The minimum absolute atomic E-state index is 0.0674. The van der Waals surface area contributed by atoms with Gasteiger partial charge in [0.05, 0.1) is 11.0 Å². The van der Waals surface area contributed by atoms with Crippen LogP contribution in [0.4, 0.5) is 0 Å². The standard InChI is InChI=1S/C15H18N4O/c1-10-8-19(9-11(2)18-10)15(20)12-3-4-13-14(7-12)17-6-5-16-13/h3-7,10-11,18H,8-9H2,1-2H3. The van der Waals surface area contributed by atoms with Gasteiger partial charge in [-0.25, -0.2) is 0 Å². The van der Waals surface area contributed by atoms with Gasteiger partial charge in [0.15, 0.2) is 0 Å². The molecule has 3 rings (SSSR count). The Bertz CT molecular complexity index is 633. The molecule has 1 saturated heterocycles. The van der Waals surface area contributed by atoms with Crippen molar-refractivity contribution in [1.82, 2.24) is 20.2 Å². The monoisotopic (exact) mass is 270 g/mol. The van der Waals surface area contributed by atoms with Gasteiger partial charge in [-0.15, -0.1) is 0 Å². The summed E-state index contributed by atoms with van der Waals surface area (Å²) in [6.07, 6.45) is 3.30. The highest BCUT2D eigenvalue weighted by Crippen LogP contribution is 2.15. The highest BCUT2D eigenvalue weighted by atomic mass is 16.2. The fraction of sp³-hybridized carbons (Fsp3) is 0.400. The van der Waals surface area contributed by atoms with Gasteiger partial charge >= 0.3 is 0 Å². The summed E-state index contributed by atoms with van der Waals surface area (Å²) in [5, 5.41) is 3.43. The summed E-state index contributed by atoms with van der Waals surface area (Å²) in [6.45, 7) is 5.67. The van der Waals surface area contributed by atoms with Gasteiger partial charge in [-0.2, -0.15) is 0 Å². The van der Waals surface area contributed by atoms with Gasteiger partial charge in [-0.3, -0.25) is 14.8 Å². The van der Waals surface area contributed by atoms with E-state index in [1.54, 1.807) is 12.4 Å². The smallest absolute Gasteiger partial charge is 0.254 e. The van der Waals surface area contributed by atoms with Crippen molar-refractivity contribution >= 4 is 16.9 Å². The van der Waals surface area contributed by atoms with Crippen LogP contribution in [0.1, 0.15) is 24.2 Å². The second-order valence-electron chi connectivity index (χ2n) is 5.44. The average molecular weight is 270 g/mol. The Balaban J connectivity index is 1.88. The Hall–Kier alpha value is -2.01. The number of aromatic nitrogens is 2. The lowest BCUT2D eigenvalue weighted by Crippen LogP contribution is -2.55. The maximum atomic E-state index is 12.6. The molecular weight excluding hydrogens is 252 g/mol. The molecule has 1 aliphatic rings. The van der Waals surface area contributed by atoms with Crippen molar-refractivity contribution in [2.45, 2.75) is 25.9 Å². The molecule has 1 fully saturated rings. The SMILES string of the molecule is CC1CN(C(=O)c2ccc3nccnc3c2)CC(C)N1. The summed E-state index contributed by atoms with van der Waals surface area (Å²) in [4.78, 5) is 23.0. The first-order valence-electron chi connectivity index (χ1n) is 6.89. The van der Waals surface area contributed by atoms with Crippen LogP contribution in [0.5, 0.6) is 0 Å². The first kappa shape index (κ1) is 13.0. The zero-order chi connectivity index (χ0) is 14.1. The topological polar surface area (TPSA) is 58.1 Å². The molecule has 5 nitrogen and oxygen atoms in total. The molecule has 2 atom stereocenters. The quantitative estimate of drug-likeness (QED) is 0.852. The average Bonchev–Trinajstić information content (AvgIpc) is 2.45. The molecule has 5 heteroatoms. The molecule has 0 bridgehead atoms. The van der Waals surface area contributed by atoms with E-state index in [4.69, 9.17) is 0 Å². The van der Waals surface area contributed by atoms with E-state index in [2.05, 4.69) is 29.1 Å². The summed E-state index contributed by atoms with van der Waals surface area (Å²) in [5.74, 6) is 0.0674. The summed E-state index contributed by atoms with van der Waals surface area (Å²) >= 11 is 0. The molecule has 1 amide bonds. The van der Waals surface area contributed by atoms with Crippen LogP contribution >= 0.6 is 0 Å². The fourth-order valence-electron chi connectivity index (χ4n) is 2.77. The molecule has 0 spiro atoms. The molecule has 2 heterocycles. The number of nitrogens with zero attached hydrogens (tertiary/aromatic N) is 3. The molecule has 1 aromatic carbocycles. The van der Waals surface area contributed by atoms with Crippen LogP contribution in [0.15, 0.2) is 30.6 Å². The minimum Gasteiger partial charge on any atom is -0.336 e. The van der Waals surface area contributed by atoms with E-state index in [-0.39, 0.29) is 5.91 Å². The Labute approximate surface area is 118 Å². The van der Waals surface area contributed by atoms with E-state index in [9.17, 15) is 4.79 Å². The number of hydrogen-bond acceptors (Lipinski definition) is 4. The molecule has 1 aromatic heterocycles. The Morgan fingerprint density at radius 1 is 1.15 bits per heavy atom. The predicted molar refractivity (Wildman–Crippen MR) is 77.5 cm³/mol. The normalized spacial score (nSPS) is 23.0. The van der Waals surface area contributed by atoms with Gasteiger partial charge in [0.2, 0.25) is 0 Å². The van der Waals surface area contributed by atoms with Crippen LogP contribution in [0, 0.1) is 0 Å². The van der Waals surface area contributed by atoms with Gasteiger partial charge in [0, 0.05) is 43.1 Å². The number of rotatable bonds is 1. The van der Waals surface area contributed by atoms with Gasteiger partial charge in [0.25, 0.3) is 5.91 Å². The van der Waals surface area contributed by atoms with Gasteiger partial charge in [-0.05, 0) is 32.0 Å². The van der Waals surface area contributed by atoms with Crippen LogP contribution in [0.3, 0.4) is 0 Å². The van der Waals surface area contributed by atoms with E-state index in [0.29, 0.717) is 17.6 Å². The van der Waals surface area contributed by atoms with Crippen molar-refractivity contribution in [2.75, 3.05) is 13.1 Å². The largest absolute Gasteiger partial charge is 0.336 e. The summed E-state index contributed by atoms with van der Waals surface area (Å²) < 4.78 is 0. The third kappa shape index (κ3) is 2.49. The van der Waals surface area contributed by atoms with Crippen molar-refractivity contribution in [3.8, 4) is 0 Å². The zero-order valence-electron chi connectivity index (χ0n) is 11.7. The lowest BCUT2D eigenvalue weighted by molar-refractivity contribution is 0.0674. The van der Waals surface area contributed by atoms with Crippen molar-refractivity contribution < 1.29 is 4.79 Å². The summed E-state index contributed by atoms with van der Waals surface area (Å²) in [6, 6.07) is 6.15. The number of carbonyl (C=O) groups excluding carboxylic acids is 1. The van der Waals surface area contributed by atoms with Crippen LogP contribution in [-0.4, -0.2) is 45.9 Å². The molecule has 0 aliphatic carbocycles. The second-order valence-corrected chi connectivity index (χ2v) is 5.44. The lowest BCUT2D eigenvalue weighted by Gasteiger charge is -2.36. The molecule has 1 N–H and O–H groups in total. The molecule has 20 heavy (non-hydrogen) atoms. The Kier molecular flexibility index (Phi) is 3.36. The number of piperazine rings is 1. The second kappa shape index (κ2) is 5.17. The van der Waals surface area contributed by atoms with Crippen molar-refractivity contribution in [2.24, 2.45) is 0 Å². The van der Waals surface area contributed by atoms with Crippen LogP contribution < -0.4 is 5.32 Å². The lowest BCUT2D eigenvalue weighted by atomic mass is 10.1. The zero-order valence-corrected chi connectivity index (χ0v) is 11.7. The van der Waals surface area contributed by atoms with Crippen molar-refractivity contribution in [1.29, 1.82) is 0 Å². The van der Waals surface area contributed by atoms with Crippen LogP contribution in [-0.2, 0) is 0 Å². The molecule has 2 unspecified atom stereocenters. The van der Waals surface area contributed by atoms with Gasteiger partial charge in [0.1, 0.15) is 0 Å². The Morgan fingerprint density at radius 2 is 1.80 bits per heavy atom. The van der Waals surface area contributed by atoms with Gasteiger partial charge in [-0.1, -0.05) is 0 Å². The first-order chi connectivity index (χ1) is 9.63. The van der Waals surface area contributed by atoms with E-state index >= 15 is 0 Å². The minimum atomic E-state index is 0.0674. The van der Waals surface area contributed by atoms with Crippen LogP contribution in [0.25, 0.3) is 11.0 Å². The van der Waals surface area contributed by atoms with E-state index in [1.807, 2.05) is 23.1 Å². The maximum absolute atomic E-state index is 12.6. The summed E-state index contributed by atoms with van der Waals surface area (Å²) in [7, 11) is 0. The molecule has 104 valence electrons. The molecule has 1 aliphatic heterocycles. The third-order valence-corrected chi connectivity index (χ3v) is 3.56. The molecular formula is C15H18N4O. The molecule has 0 radical (unpaired) electrons.